The molecule has 3 heterocycles. The van der Waals surface area contributed by atoms with Crippen LogP contribution in [0.15, 0.2) is 218 Å². The van der Waals surface area contributed by atoms with Gasteiger partial charge in [-0.05, 0) is 58.1 Å². The number of nitrogens with zero attached hydrogens (tertiary/aromatic N) is 4. The Morgan fingerprint density at radius 1 is 0.306 bits per heavy atom. The molecule has 0 aliphatic heterocycles. The molecule has 12 rings (SSSR count). The highest BCUT2D eigenvalue weighted by Crippen LogP contribution is 2.42. The van der Waals surface area contributed by atoms with Crippen molar-refractivity contribution in [2.24, 2.45) is 0 Å². The minimum absolute atomic E-state index is 0.611. The summed E-state index contributed by atoms with van der Waals surface area (Å²) in [6.07, 6.45) is 0. The number of para-hydroxylation sites is 2. The van der Waals surface area contributed by atoms with Gasteiger partial charge in [-0.1, -0.05) is 188 Å². The fourth-order valence-electron chi connectivity index (χ4n) is 8.90. The van der Waals surface area contributed by atoms with E-state index in [0.717, 1.165) is 50.1 Å². The Labute approximate surface area is 362 Å². The molecule has 9 aromatic carbocycles. The molecule has 0 saturated carbocycles. The normalized spacial score (nSPS) is 11.5. The smallest absolute Gasteiger partial charge is 0.164 e. The van der Waals surface area contributed by atoms with E-state index in [2.05, 4.69) is 205 Å². The lowest BCUT2D eigenvalue weighted by Crippen LogP contribution is -2.02. The van der Waals surface area contributed by atoms with Gasteiger partial charge in [0.2, 0.25) is 0 Å². The maximum atomic E-state index is 5.25. The minimum atomic E-state index is 0.611. The van der Waals surface area contributed by atoms with Crippen LogP contribution in [0.4, 0.5) is 0 Å². The van der Waals surface area contributed by atoms with Gasteiger partial charge in [0.15, 0.2) is 17.5 Å². The van der Waals surface area contributed by atoms with E-state index in [-0.39, 0.29) is 0 Å². The van der Waals surface area contributed by atoms with Gasteiger partial charge in [-0.2, -0.15) is 0 Å². The summed E-state index contributed by atoms with van der Waals surface area (Å²) in [6.45, 7) is 0. The summed E-state index contributed by atoms with van der Waals surface area (Å²) >= 11 is 1.85. The van der Waals surface area contributed by atoms with E-state index in [1.165, 1.54) is 47.6 Å². The van der Waals surface area contributed by atoms with E-state index in [9.17, 15) is 0 Å². The summed E-state index contributed by atoms with van der Waals surface area (Å²) in [6, 6.07) is 77.5. The SMILES string of the molecule is c1ccc(-c2cccc(-c3ccc(-c4nc(-c5ccccc5)nc(-c5ccc(-c6cccc7c6sc6ccccc67)cc5)n4)cc3-n3c4ccccc4c4ccccc43)c2)cc1. The van der Waals surface area contributed by atoms with Crippen molar-refractivity contribution in [3.63, 3.8) is 0 Å². The fraction of sp³-hybridized carbons (Fsp3) is 0. The van der Waals surface area contributed by atoms with E-state index in [0.29, 0.717) is 17.5 Å². The molecule has 0 amide bonds. The van der Waals surface area contributed by atoms with Gasteiger partial charge < -0.3 is 4.57 Å². The summed E-state index contributed by atoms with van der Waals surface area (Å²) in [5.41, 5.74) is 13.1. The second-order valence-corrected chi connectivity index (χ2v) is 16.6. The molecule has 4 nitrogen and oxygen atoms in total. The van der Waals surface area contributed by atoms with Crippen LogP contribution in [0.25, 0.3) is 115 Å². The average Bonchev–Trinajstić information content (AvgIpc) is 3.90. The van der Waals surface area contributed by atoms with Crippen LogP contribution in [-0.4, -0.2) is 19.5 Å². The third-order valence-electron chi connectivity index (χ3n) is 11.9. The molecular weight excluding hydrogens is 773 g/mol. The molecule has 0 N–H and O–H groups in total. The fourth-order valence-corrected chi connectivity index (χ4v) is 10.1. The van der Waals surface area contributed by atoms with Crippen LogP contribution < -0.4 is 0 Å². The number of thiophene rings is 1. The van der Waals surface area contributed by atoms with Crippen molar-refractivity contribution in [2.45, 2.75) is 0 Å². The molecule has 0 bridgehead atoms. The quantitative estimate of drug-likeness (QED) is 0.161. The monoisotopic (exact) mass is 808 g/mol. The number of hydrogen-bond acceptors (Lipinski definition) is 4. The molecule has 0 fully saturated rings. The zero-order valence-electron chi connectivity index (χ0n) is 33.5. The van der Waals surface area contributed by atoms with Crippen molar-refractivity contribution in [1.29, 1.82) is 0 Å². The highest BCUT2D eigenvalue weighted by Gasteiger charge is 2.20. The third-order valence-corrected chi connectivity index (χ3v) is 13.1. The number of rotatable bonds is 7. The van der Waals surface area contributed by atoms with Gasteiger partial charge >= 0.3 is 0 Å². The number of aromatic nitrogens is 4. The number of fused-ring (bicyclic) bond motifs is 6. The first-order valence-corrected chi connectivity index (χ1v) is 21.7. The first-order chi connectivity index (χ1) is 30.7. The standard InChI is InChI=1S/C57H36N4S/c1-3-15-37(16-4-1)41-19-13-20-42(35-41)44-34-33-43(36-52(44)61-50-26-10-7-21-46(50)47-22-8-11-27-51(47)61)57-59-55(39-17-5-2-6-18-39)58-56(60-57)40-31-29-38(30-32-40)45-24-14-25-49-48-23-9-12-28-53(48)62-54(45)49/h1-36H. The average molecular weight is 809 g/mol. The molecule has 0 aliphatic rings. The molecule has 62 heavy (non-hydrogen) atoms. The van der Waals surface area contributed by atoms with Gasteiger partial charge in [-0.3, -0.25) is 0 Å². The highest BCUT2D eigenvalue weighted by atomic mass is 32.1. The van der Waals surface area contributed by atoms with E-state index in [1.54, 1.807) is 0 Å². The van der Waals surface area contributed by atoms with Crippen LogP contribution in [-0.2, 0) is 0 Å². The first kappa shape index (κ1) is 35.9. The largest absolute Gasteiger partial charge is 0.309 e. The summed E-state index contributed by atoms with van der Waals surface area (Å²) in [4.78, 5) is 15.6. The van der Waals surface area contributed by atoms with Gasteiger partial charge in [0.25, 0.3) is 0 Å². The van der Waals surface area contributed by atoms with Gasteiger partial charge in [-0.15, -0.1) is 11.3 Å². The van der Waals surface area contributed by atoms with Crippen LogP contribution in [0, 0.1) is 0 Å². The Kier molecular flexibility index (Phi) is 8.65. The molecular formula is C57H36N4S. The van der Waals surface area contributed by atoms with Gasteiger partial charge in [0.05, 0.1) is 16.7 Å². The van der Waals surface area contributed by atoms with E-state index >= 15 is 0 Å². The molecule has 290 valence electrons. The van der Waals surface area contributed by atoms with E-state index in [4.69, 9.17) is 15.0 Å². The molecule has 0 aliphatic carbocycles. The molecule has 5 heteroatoms. The highest BCUT2D eigenvalue weighted by molar-refractivity contribution is 7.26. The maximum Gasteiger partial charge on any atom is 0.164 e. The predicted octanol–water partition coefficient (Wildman–Crippen LogP) is 15.3. The van der Waals surface area contributed by atoms with Crippen molar-refractivity contribution in [2.75, 3.05) is 0 Å². The summed E-state index contributed by atoms with van der Waals surface area (Å²) < 4.78 is 4.99. The lowest BCUT2D eigenvalue weighted by atomic mass is 9.96. The first-order valence-electron chi connectivity index (χ1n) is 20.8. The number of hydrogen-bond donors (Lipinski definition) is 0. The Morgan fingerprint density at radius 3 is 1.52 bits per heavy atom. The second-order valence-electron chi connectivity index (χ2n) is 15.6. The molecule has 12 aromatic rings. The Hall–Kier alpha value is -7.99. The Balaban J connectivity index is 1.03. The molecule has 0 atom stereocenters. The van der Waals surface area contributed by atoms with Crippen LogP contribution >= 0.6 is 11.3 Å². The van der Waals surface area contributed by atoms with Crippen molar-refractivity contribution >= 4 is 53.3 Å². The number of benzene rings is 9. The van der Waals surface area contributed by atoms with Crippen LogP contribution in [0.2, 0.25) is 0 Å². The van der Waals surface area contributed by atoms with E-state index in [1.807, 2.05) is 29.5 Å². The molecule has 0 saturated heterocycles. The summed E-state index contributed by atoms with van der Waals surface area (Å²) in [5.74, 6) is 1.86. The Bertz CT molecular complexity index is 3570. The molecule has 3 aromatic heterocycles. The van der Waals surface area contributed by atoms with E-state index < -0.39 is 0 Å². The zero-order valence-corrected chi connectivity index (χ0v) is 34.3. The van der Waals surface area contributed by atoms with Gasteiger partial charge in [0, 0.05) is 53.2 Å². The lowest BCUT2D eigenvalue weighted by molar-refractivity contribution is 1.07. The van der Waals surface area contributed by atoms with Crippen LogP contribution in [0.5, 0.6) is 0 Å². The zero-order chi connectivity index (χ0) is 41.0. The van der Waals surface area contributed by atoms with Crippen molar-refractivity contribution in [3.8, 4) is 73.2 Å². The molecule has 0 spiro atoms. The van der Waals surface area contributed by atoms with Crippen molar-refractivity contribution < 1.29 is 0 Å². The molecule has 0 radical (unpaired) electrons. The summed E-state index contributed by atoms with van der Waals surface area (Å²) in [5, 5.41) is 5.00. The lowest BCUT2D eigenvalue weighted by Gasteiger charge is -2.17. The third kappa shape index (κ3) is 6.18. The van der Waals surface area contributed by atoms with Crippen molar-refractivity contribution in [3.05, 3.63) is 218 Å². The Morgan fingerprint density at radius 2 is 0.806 bits per heavy atom. The predicted molar refractivity (Wildman–Crippen MR) is 260 cm³/mol. The van der Waals surface area contributed by atoms with Gasteiger partial charge in [-0.25, -0.2) is 15.0 Å². The van der Waals surface area contributed by atoms with Crippen molar-refractivity contribution in [1.82, 2.24) is 19.5 Å². The minimum Gasteiger partial charge on any atom is -0.309 e. The second kappa shape index (κ2) is 14.9. The summed E-state index contributed by atoms with van der Waals surface area (Å²) in [7, 11) is 0. The van der Waals surface area contributed by atoms with Gasteiger partial charge in [0.1, 0.15) is 0 Å². The maximum absolute atomic E-state index is 5.25. The van der Waals surface area contributed by atoms with Crippen LogP contribution in [0.1, 0.15) is 0 Å². The van der Waals surface area contributed by atoms with Crippen LogP contribution in [0.3, 0.4) is 0 Å². The molecule has 0 unspecified atom stereocenters. The topological polar surface area (TPSA) is 43.6 Å².